The normalized spacial score (nSPS) is 12.1. The summed E-state index contributed by atoms with van der Waals surface area (Å²) in [4.78, 5) is 4.19. The summed E-state index contributed by atoms with van der Waals surface area (Å²) in [6.07, 6.45) is 1.74. The molecular formula is C15H18N2O. The first-order chi connectivity index (χ1) is 8.81. The summed E-state index contributed by atoms with van der Waals surface area (Å²) in [7, 11) is 1.65. The molecule has 0 fully saturated rings. The molecule has 0 amide bonds. The van der Waals surface area contributed by atoms with E-state index in [0.29, 0.717) is 11.9 Å². The second-order valence-electron chi connectivity index (χ2n) is 4.19. The molecule has 0 aliphatic heterocycles. The Balaban J connectivity index is 1.99. The van der Waals surface area contributed by atoms with Crippen molar-refractivity contribution >= 4 is 0 Å². The second-order valence-corrected chi connectivity index (χ2v) is 4.19. The van der Waals surface area contributed by atoms with Gasteiger partial charge < -0.3 is 10.1 Å². The number of nitrogens with one attached hydrogen (secondary N) is 1. The fourth-order valence-corrected chi connectivity index (χ4v) is 1.87. The maximum Gasteiger partial charge on any atom is 0.217 e. The fraction of sp³-hybridized carbons (Fsp3) is 0.267. The maximum atomic E-state index is 5.23. The van der Waals surface area contributed by atoms with Gasteiger partial charge in [-0.1, -0.05) is 36.4 Å². The van der Waals surface area contributed by atoms with Gasteiger partial charge in [0.05, 0.1) is 7.11 Å². The van der Waals surface area contributed by atoms with E-state index < -0.39 is 0 Å². The fourth-order valence-electron chi connectivity index (χ4n) is 1.87. The van der Waals surface area contributed by atoms with Gasteiger partial charge in [-0.05, 0) is 18.6 Å². The zero-order valence-electron chi connectivity index (χ0n) is 10.8. The van der Waals surface area contributed by atoms with Gasteiger partial charge in [0.15, 0.2) is 0 Å². The van der Waals surface area contributed by atoms with E-state index in [1.54, 1.807) is 13.3 Å². The van der Waals surface area contributed by atoms with Crippen molar-refractivity contribution in [1.82, 2.24) is 10.3 Å². The molecule has 3 heteroatoms. The molecular weight excluding hydrogens is 224 g/mol. The summed E-state index contributed by atoms with van der Waals surface area (Å²) >= 11 is 0. The van der Waals surface area contributed by atoms with E-state index in [1.165, 1.54) is 5.56 Å². The predicted octanol–water partition coefficient (Wildman–Crippen LogP) is 2.94. The van der Waals surface area contributed by atoms with Crippen molar-refractivity contribution in [2.45, 2.75) is 19.5 Å². The summed E-state index contributed by atoms with van der Waals surface area (Å²) in [5.41, 5.74) is 2.35. The third-order valence-corrected chi connectivity index (χ3v) is 2.94. The summed E-state index contributed by atoms with van der Waals surface area (Å²) in [5.74, 6) is 0.685. The average Bonchev–Trinajstić information content (AvgIpc) is 2.46. The second kappa shape index (κ2) is 6.17. The van der Waals surface area contributed by atoms with E-state index >= 15 is 0 Å². The molecule has 0 aliphatic carbocycles. The number of aromatic nitrogens is 1. The van der Waals surface area contributed by atoms with Gasteiger partial charge in [-0.15, -0.1) is 0 Å². The molecule has 0 saturated carbocycles. The average molecular weight is 242 g/mol. The van der Waals surface area contributed by atoms with Crippen molar-refractivity contribution in [2.75, 3.05) is 7.11 Å². The van der Waals surface area contributed by atoms with Crippen LogP contribution in [0, 0.1) is 0 Å². The zero-order chi connectivity index (χ0) is 12.8. The molecule has 1 aromatic carbocycles. The van der Waals surface area contributed by atoms with Gasteiger partial charge in [0, 0.05) is 24.3 Å². The number of hydrogen-bond acceptors (Lipinski definition) is 3. The monoisotopic (exact) mass is 242 g/mol. The lowest BCUT2D eigenvalue weighted by atomic mass is 10.1. The topological polar surface area (TPSA) is 34.1 Å². The molecule has 1 aromatic heterocycles. The number of methoxy groups -OCH3 is 1. The molecule has 2 rings (SSSR count). The lowest BCUT2D eigenvalue weighted by Gasteiger charge is -2.15. The van der Waals surface area contributed by atoms with E-state index in [1.807, 2.05) is 18.2 Å². The molecule has 0 bridgehead atoms. The van der Waals surface area contributed by atoms with Crippen LogP contribution in [0.25, 0.3) is 0 Å². The van der Waals surface area contributed by atoms with Gasteiger partial charge in [-0.25, -0.2) is 4.98 Å². The minimum absolute atomic E-state index is 0.302. The Morgan fingerprint density at radius 2 is 1.94 bits per heavy atom. The van der Waals surface area contributed by atoms with Crippen molar-refractivity contribution in [3.63, 3.8) is 0 Å². The molecule has 0 radical (unpaired) electrons. The van der Waals surface area contributed by atoms with Crippen LogP contribution in [0.3, 0.4) is 0 Å². The highest BCUT2D eigenvalue weighted by Gasteiger charge is 2.07. The molecule has 2 aromatic rings. The molecule has 0 unspecified atom stereocenters. The highest BCUT2D eigenvalue weighted by molar-refractivity contribution is 5.25. The number of pyridine rings is 1. The first-order valence-corrected chi connectivity index (χ1v) is 6.07. The van der Waals surface area contributed by atoms with E-state index in [2.05, 4.69) is 41.5 Å². The van der Waals surface area contributed by atoms with Gasteiger partial charge >= 0.3 is 0 Å². The summed E-state index contributed by atoms with van der Waals surface area (Å²) in [5, 5.41) is 3.47. The number of rotatable bonds is 5. The third kappa shape index (κ3) is 3.08. The van der Waals surface area contributed by atoms with Crippen molar-refractivity contribution < 1.29 is 4.74 Å². The van der Waals surface area contributed by atoms with Crippen molar-refractivity contribution in [1.29, 1.82) is 0 Å². The number of nitrogens with zero attached hydrogens (tertiary/aromatic N) is 1. The van der Waals surface area contributed by atoms with E-state index in [4.69, 9.17) is 4.74 Å². The summed E-state index contributed by atoms with van der Waals surface area (Å²) < 4.78 is 5.23. The molecule has 1 heterocycles. The Morgan fingerprint density at radius 3 is 2.67 bits per heavy atom. The smallest absolute Gasteiger partial charge is 0.217 e. The lowest BCUT2D eigenvalue weighted by molar-refractivity contribution is 0.389. The van der Waals surface area contributed by atoms with Gasteiger partial charge in [0.2, 0.25) is 5.88 Å². The van der Waals surface area contributed by atoms with Crippen LogP contribution in [0.4, 0.5) is 0 Å². The first kappa shape index (κ1) is 12.6. The highest BCUT2D eigenvalue weighted by Crippen LogP contribution is 2.16. The van der Waals surface area contributed by atoms with Crippen LogP contribution in [0.2, 0.25) is 0 Å². The Kier molecular flexibility index (Phi) is 4.31. The van der Waals surface area contributed by atoms with Crippen LogP contribution < -0.4 is 10.1 Å². The van der Waals surface area contributed by atoms with E-state index in [-0.39, 0.29) is 0 Å². The van der Waals surface area contributed by atoms with Crippen molar-refractivity contribution in [3.8, 4) is 5.88 Å². The molecule has 1 atom stereocenters. The standard InChI is InChI=1S/C15H18N2O/c1-12(13-7-4-3-5-8-13)17-11-14-9-6-10-16-15(14)18-2/h3-10,12,17H,11H2,1-2H3/t12-/m0/s1. The van der Waals surface area contributed by atoms with Gasteiger partial charge in [0.1, 0.15) is 0 Å². The minimum Gasteiger partial charge on any atom is -0.481 e. The Morgan fingerprint density at radius 1 is 1.17 bits per heavy atom. The van der Waals surface area contributed by atoms with Crippen molar-refractivity contribution in [3.05, 3.63) is 59.8 Å². The zero-order valence-corrected chi connectivity index (χ0v) is 10.8. The molecule has 3 nitrogen and oxygen atoms in total. The van der Waals surface area contributed by atoms with Crippen LogP contribution >= 0.6 is 0 Å². The minimum atomic E-state index is 0.302. The molecule has 1 N–H and O–H groups in total. The summed E-state index contributed by atoms with van der Waals surface area (Å²) in [6, 6.07) is 14.6. The van der Waals surface area contributed by atoms with Crippen LogP contribution in [-0.2, 0) is 6.54 Å². The van der Waals surface area contributed by atoms with Crippen LogP contribution in [0.15, 0.2) is 48.7 Å². The Bertz CT molecular complexity index is 485. The van der Waals surface area contributed by atoms with Gasteiger partial charge in [-0.2, -0.15) is 0 Å². The lowest BCUT2D eigenvalue weighted by Crippen LogP contribution is -2.18. The van der Waals surface area contributed by atoms with Crippen molar-refractivity contribution in [2.24, 2.45) is 0 Å². The number of benzene rings is 1. The van der Waals surface area contributed by atoms with Crippen LogP contribution in [0.5, 0.6) is 5.88 Å². The maximum absolute atomic E-state index is 5.23. The number of ether oxygens (including phenoxy) is 1. The quantitative estimate of drug-likeness (QED) is 0.875. The van der Waals surface area contributed by atoms with Gasteiger partial charge in [0.25, 0.3) is 0 Å². The van der Waals surface area contributed by atoms with Gasteiger partial charge in [-0.3, -0.25) is 0 Å². The number of hydrogen-bond donors (Lipinski definition) is 1. The Labute approximate surface area is 108 Å². The molecule has 0 saturated heterocycles. The molecule has 0 spiro atoms. The Hall–Kier alpha value is -1.87. The molecule has 0 aliphatic rings. The largest absolute Gasteiger partial charge is 0.481 e. The highest BCUT2D eigenvalue weighted by atomic mass is 16.5. The first-order valence-electron chi connectivity index (χ1n) is 6.07. The van der Waals surface area contributed by atoms with E-state index in [0.717, 1.165) is 12.1 Å². The SMILES string of the molecule is COc1ncccc1CN[C@@H](C)c1ccccc1. The molecule has 94 valence electrons. The molecule has 18 heavy (non-hydrogen) atoms. The predicted molar refractivity (Wildman–Crippen MR) is 72.5 cm³/mol. The van der Waals surface area contributed by atoms with Crippen LogP contribution in [-0.4, -0.2) is 12.1 Å². The van der Waals surface area contributed by atoms with E-state index in [9.17, 15) is 0 Å². The summed E-state index contributed by atoms with van der Waals surface area (Å²) in [6.45, 7) is 2.89. The third-order valence-electron chi connectivity index (χ3n) is 2.94. The van der Waals surface area contributed by atoms with Crippen LogP contribution in [0.1, 0.15) is 24.1 Å².